The SMILES string of the molecule is CCC[n+]1ccc(/C=C/c2ccc(OC)cc2CO)cc1. The van der Waals surface area contributed by atoms with Crippen molar-refractivity contribution in [1.29, 1.82) is 0 Å². The number of aromatic nitrogens is 1. The lowest BCUT2D eigenvalue weighted by molar-refractivity contribution is -0.697. The molecule has 1 aromatic carbocycles. The first-order valence-corrected chi connectivity index (χ1v) is 7.21. The fraction of sp³-hybridized carbons (Fsp3) is 0.278. The number of hydrogen-bond acceptors (Lipinski definition) is 2. The summed E-state index contributed by atoms with van der Waals surface area (Å²) in [5.41, 5.74) is 3.01. The molecule has 110 valence electrons. The maximum absolute atomic E-state index is 9.44. The monoisotopic (exact) mass is 284 g/mol. The molecule has 1 N–H and O–H groups in total. The molecule has 0 aliphatic heterocycles. The maximum atomic E-state index is 9.44. The lowest BCUT2D eigenvalue weighted by atomic mass is 10.1. The Hall–Kier alpha value is -2.13. The van der Waals surface area contributed by atoms with Gasteiger partial charge in [-0.3, -0.25) is 0 Å². The molecule has 2 rings (SSSR count). The number of benzene rings is 1. The highest BCUT2D eigenvalue weighted by Crippen LogP contribution is 2.19. The number of ether oxygens (including phenoxy) is 1. The lowest BCUT2D eigenvalue weighted by Gasteiger charge is -2.06. The van der Waals surface area contributed by atoms with E-state index in [4.69, 9.17) is 4.74 Å². The average molecular weight is 284 g/mol. The molecule has 0 unspecified atom stereocenters. The number of aliphatic hydroxyl groups excluding tert-OH is 1. The van der Waals surface area contributed by atoms with Gasteiger partial charge in [0.05, 0.1) is 13.7 Å². The second-order valence-corrected chi connectivity index (χ2v) is 4.93. The summed E-state index contributed by atoms with van der Waals surface area (Å²) >= 11 is 0. The van der Waals surface area contributed by atoms with E-state index in [0.29, 0.717) is 0 Å². The second-order valence-electron chi connectivity index (χ2n) is 4.93. The first-order chi connectivity index (χ1) is 10.3. The van der Waals surface area contributed by atoms with Gasteiger partial charge < -0.3 is 9.84 Å². The van der Waals surface area contributed by atoms with Crippen LogP contribution in [0.4, 0.5) is 0 Å². The number of aliphatic hydroxyl groups is 1. The Labute approximate surface area is 126 Å². The second kappa shape index (κ2) is 7.60. The van der Waals surface area contributed by atoms with Crippen LogP contribution in [-0.4, -0.2) is 12.2 Å². The predicted octanol–water partition coefficient (Wildman–Crippen LogP) is 3.06. The predicted molar refractivity (Wildman–Crippen MR) is 84.8 cm³/mol. The van der Waals surface area contributed by atoms with E-state index in [-0.39, 0.29) is 6.61 Å². The Kier molecular flexibility index (Phi) is 5.52. The minimum absolute atomic E-state index is 0.00215. The summed E-state index contributed by atoms with van der Waals surface area (Å²) in [7, 11) is 1.63. The largest absolute Gasteiger partial charge is 0.497 e. The Morgan fingerprint density at radius 2 is 1.90 bits per heavy atom. The van der Waals surface area contributed by atoms with Gasteiger partial charge in [0.1, 0.15) is 12.3 Å². The van der Waals surface area contributed by atoms with Crippen molar-refractivity contribution < 1.29 is 14.4 Å². The van der Waals surface area contributed by atoms with E-state index in [0.717, 1.165) is 35.4 Å². The van der Waals surface area contributed by atoms with Gasteiger partial charge in [-0.2, -0.15) is 0 Å². The number of hydrogen-bond donors (Lipinski definition) is 1. The highest BCUT2D eigenvalue weighted by molar-refractivity contribution is 5.71. The van der Waals surface area contributed by atoms with Gasteiger partial charge in [0.25, 0.3) is 0 Å². The van der Waals surface area contributed by atoms with E-state index in [9.17, 15) is 5.11 Å². The summed E-state index contributed by atoms with van der Waals surface area (Å²) < 4.78 is 7.34. The van der Waals surface area contributed by atoms with Crippen LogP contribution < -0.4 is 9.30 Å². The number of rotatable bonds is 6. The minimum Gasteiger partial charge on any atom is -0.497 e. The topological polar surface area (TPSA) is 33.3 Å². The van der Waals surface area contributed by atoms with Crippen LogP contribution in [0.5, 0.6) is 5.75 Å². The van der Waals surface area contributed by atoms with Crippen LogP contribution in [0.25, 0.3) is 12.2 Å². The molecular weight excluding hydrogens is 262 g/mol. The average Bonchev–Trinajstić information content (AvgIpc) is 2.54. The summed E-state index contributed by atoms with van der Waals surface area (Å²) in [5, 5.41) is 9.44. The van der Waals surface area contributed by atoms with Crippen LogP contribution in [0.3, 0.4) is 0 Å². The molecule has 3 heteroatoms. The first-order valence-electron chi connectivity index (χ1n) is 7.21. The first kappa shape index (κ1) is 15.3. The van der Waals surface area contributed by atoms with Gasteiger partial charge in [-0.25, -0.2) is 4.57 Å². The molecule has 0 atom stereocenters. The van der Waals surface area contributed by atoms with Crippen LogP contribution in [0.15, 0.2) is 42.7 Å². The van der Waals surface area contributed by atoms with Crippen LogP contribution in [0.2, 0.25) is 0 Å². The molecule has 21 heavy (non-hydrogen) atoms. The van der Waals surface area contributed by atoms with Crippen LogP contribution >= 0.6 is 0 Å². The maximum Gasteiger partial charge on any atom is 0.169 e. The Morgan fingerprint density at radius 1 is 1.14 bits per heavy atom. The number of pyridine rings is 1. The summed E-state index contributed by atoms with van der Waals surface area (Å²) in [6.45, 7) is 3.21. The molecule has 0 spiro atoms. The third-order valence-corrected chi connectivity index (χ3v) is 3.37. The van der Waals surface area contributed by atoms with Crippen LogP contribution in [0, 0.1) is 0 Å². The van der Waals surface area contributed by atoms with Crippen molar-refractivity contribution in [3.63, 3.8) is 0 Å². The smallest absolute Gasteiger partial charge is 0.169 e. The normalized spacial score (nSPS) is 11.0. The van der Waals surface area contributed by atoms with Crippen molar-refractivity contribution in [3.05, 3.63) is 59.4 Å². The van der Waals surface area contributed by atoms with E-state index in [2.05, 4.69) is 42.1 Å². The molecule has 3 nitrogen and oxygen atoms in total. The highest BCUT2D eigenvalue weighted by atomic mass is 16.5. The summed E-state index contributed by atoms with van der Waals surface area (Å²) in [6.07, 6.45) is 9.38. The zero-order valence-electron chi connectivity index (χ0n) is 12.6. The van der Waals surface area contributed by atoms with Crippen molar-refractivity contribution in [2.45, 2.75) is 26.5 Å². The Balaban J connectivity index is 2.16. The standard InChI is InChI=1S/C18H22NO2/c1-3-10-19-11-8-15(9-12-19)4-5-16-6-7-18(21-2)13-17(16)14-20/h4-9,11-13,20H,3,10,14H2,1-2H3/q+1/b5-4+. The number of nitrogens with zero attached hydrogens (tertiary/aromatic N) is 1. The number of aryl methyl sites for hydroxylation is 1. The molecule has 0 fully saturated rings. The fourth-order valence-corrected chi connectivity index (χ4v) is 2.18. The zero-order chi connectivity index (χ0) is 15.1. The third-order valence-electron chi connectivity index (χ3n) is 3.37. The Bertz CT molecular complexity index is 603. The quantitative estimate of drug-likeness (QED) is 0.827. The molecule has 0 bridgehead atoms. The van der Waals surface area contributed by atoms with Crippen molar-refractivity contribution in [2.75, 3.05) is 7.11 Å². The molecule has 0 aliphatic rings. The zero-order valence-corrected chi connectivity index (χ0v) is 12.6. The van der Waals surface area contributed by atoms with Gasteiger partial charge in [0.2, 0.25) is 0 Å². The van der Waals surface area contributed by atoms with Gasteiger partial charge >= 0.3 is 0 Å². The van der Waals surface area contributed by atoms with Gasteiger partial charge in [0, 0.05) is 18.6 Å². The van der Waals surface area contributed by atoms with Gasteiger partial charge in [0.15, 0.2) is 12.4 Å². The highest BCUT2D eigenvalue weighted by Gasteiger charge is 2.01. The molecule has 0 amide bonds. The lowest BCUT2D eigenvalue weighted by Crippen LogP contribution is -2.31. The van der Waals surface area contributed by atoms with Gasteiger partial charge in [-0.1, -0.05) is 25.1 Å². The van der Waals surface area contributed by atoms with Crippen molar-refractivity contribution in [1.82, 2.24) is 0 Å². The summed E-state index contributed by atoms with van der Waals surface area (Å²) in [6, 6.07) is 9.91. The molecule has 0 saturated heterocycles. The molecule has 2 aromatic rings. The summed E-state index contributed by atoms with van der Waals surface area (Å²) in [5.74, 6) is 0.761. The van der Waals surface area contributed by atoms with E-state index in [1.807, 2.05) is 24.3 Å². The van der Waals surface area contributed by atoms with E-state index in [1.54, 1.807) is 7.11 Å². The van der Waals surface area contributed by atoms with Crippen molar-refractivity contribution >= 4 is 12.2 Å². The molecular formula is C18H22NO2+. The van der Waals surface area contributed by atoms with Crippen molar-refractivity contribution in [2.24, 2.45) is 0 Å². The molecule has 0 saturated carbocycles. The van der Waals surface area contributed by atoms with Crippen molar-refractivity contribution in [3.8, 4) is 5.75 Å². The molecule has 0 radical (unpaired) electrons. The molecule has 0 aliphatic carbocycles. The molecule has 1 aromatic heterocycles. The van der Waals surface area contributed by atoms with E-state index < -0.39 is 0 Å². The van der Waals surface area contributed by atoms with Crippen LogP contribution in [0.1, 0.15) is 30.0 Å². The minimum atomic E-state index is 0.00215. The van der Waals surface area contributed by atoms with Crippen LogP contribution in [-0.2, 0) is 13.2 Å². The third kappa shape index (κ3) is 4.17. The van der Waals surface area contributed by atoms with E-state index in [1.165, 1.54) is 0 Å². The van der Waals surface area contributed by atoms with Gasteiger partial charge in [-0.05, 0) is 28.8 Å². The summed E-state index contributed by atoms with van der Waals surface area (Å²) in [4.78, 5) is 0. The molecule has 1 heterocycles. The van der Waals surface area contributed by atoms with E-state index >= 15 is 0 Å². The number of methoxy groups -OCH3 is 1. The van der Waals surface area contributed by atoms with Gasteiger partial charge in [-0.15, -0.1) is 0 Å². The fourth-order valence-electron chi connectivity index (χ4n) is 2.18. The Morgan fingerprint density at radius 3 is 2.52 bits per heavy atom.